The van der Waals surface area contributed by atoms with Crippen LogP contribution in [0.2, 0.25) is 0 Å². The van der Waals surface area contributed by atoms with E-state index in [0.29, 0.717) is 11.9 Å². The van der Waals surface area contributed by atoms with Crippen LogP contribution in [0.3, 0.4) is 0 Å². The minimum atomic E-state index is -1.16. The number of nitrogens with one attached hydrogen (secondary N) is 2. The molecule has 3 N–H and O–H groups in total. The number of fused-ring (bicyclic) bond motifs is 1. The SMILES string of the molecule is CC[C@H](C)[C@H](NC(=O)Cn1c(=O)[nH]c2ccccc2c1=O)C(=O)O. The number of nitrogens with zero attached hydrogens (tertiary/aromatic N) is 1. The molecule has 2 aromatic rings. The highest BCUT2D eigenvalue weighted by Crippen LogP contribution is 2.08. The first-order valence-electron chi connectivity index (χ1n) is 7.59. The Hall–Kier alpha value is -2.90. The number of H-pyrrole nitrogens is 1. The summed E-state index contributed by atoms with van der Waals surface area (Å²) in [5, 5.41) is 11.8. The van der Waals surface area contributed by atoms with Crippen LogP contribution in [0, 0.1) is 5.92 Å². The molecule has 1 amide bonds. The van der Waals surface area contributed by atoms with Gasteiger partial charge in [-0.1, -0.05) is 32.4 Å². The number of carboxylic acid groups (broad SMARTS) is 1. The highest BCUT2D eigenvalue weighted by atomic mass is 16.4. The first-order valence-corrected chi connectivity index (χ1v) is 7.59. The van der Waals surface area contributed by atoms with Crippen molar-refractivity contribution in [1.82, 2.24) is 14.9 Å². The lowest BCUT2D eigenvalue weighted by molar-refractivity contribution is -0.143. The van der Waals surface area contributed by atoms with Crippen molar-refractivity contribution in [2.24, 2.45) is 5.92 Å². The first-order chi connectivity index (χ1) is 11.3. The standard InChI is InChI=1S/C16H19N3O5/c1-3-9(2)13(15(22)23)18-12(20)8-19-14(21)10-6-4-5-7-11(10)17-16(19)24/h4-7,9,13H,3,8H2,1-2H3,(H,17,24)(H,18,20)(H,22,23)/t9-,13-/m0/s1. The van der Waals surface area contributed by atoms with E-state index >= 15 is 0 Å². The Labute approximate surface area is 137 Å². The maximum atomic E-state index is 12.3. The molecule has 8 nitrogen and oxygen atoms in total. The van der Waals surface area contributed by atoms with Gasteiger partial charge in [-0.2, -0.15) is 0 Å². The van der Waals surface area contributed by atoms with Gasteiger partial charge in [0.1, 0.15) is 12.6 Å². The average Bonchev–Trinajstić information content (AvgIpc) is 2.55. The average molecular weight is 333 g/mol. The monoisotopic (exact) mass is 333 g/mol. The summed E-state index contributed by atoms with van der Waals surface area (Å²) in [5.41, 5.74) is -0.934. The van der Waals surface area contributed by atoms with Crippen molar-refractivity contribution in [1.29, 1.82) is 0 Å². The summed E-state index contributed by atoms with van der Waals surface area (Å²) in [6.45, 7) is 2.97. The van der Waals surface area contributed by atoms with Gasteiger partial charge in [-0.25, -0.2) is 9.59 Å². The van der Waals surface area contributed by atoms with E-state index in [1.807, 2.05) is 6.92 Å². The van der Waals surface area contributed by atoms with Gasteiger partial charge in [0.25, 0.3) is 5.56 Å². The molecule has 0 saturated heterocycles. The predicted molar refractivity (Wildman–Crippen MR) is 87.9 cm³/mol. The van der Waals surface area contributed by atoms with Gasteiger partial charge in [0, 0.05) is 0 Å². The number of amides is 1. The third kappa shape index (κ3) is 3.53. The topological polar surface area (TPSA) is 121 Å². The van der Waals surface area contributed by atoms with E-state index in [-0.39, 0.29) is 11.3 Å². The van der Waals surface area contributed by atoms with Crippen LogP contribution in [-0.4, -0.2) is 32.6 Å². The van der Waals surface area contributed by atoms with Gasteiger partial charge >= 0.3 is 11.7 Å². The Morgan fingerprint density at radius 1 is 1.29 bits per heavy atom. The quantitative estimate of drug-likeness (QED) is 0.702. The zero-order chi connectivity index (χ0) is 17.9. The molecule has 2 rings (SSSR count). The number of hydrogen-bond donors (Lipinski definition) is 3. The highest BCUT2D eigenvalue weighted by molar-refractivity contribution is 5.84. The second-order valence-corrected chi connectivity index (χ2v) is 5.64. The number of para-hydroxylation sites is 1. The van der Waals surface area contributed by atoms with E-state index in [1.165, 1.54) is 0 Å². The van der Waals surface area contributed by atoms with Gasteiger partial charge < -0.3 is 15.4 Å². The van der Waals surface area contributed by atoms with Gasteiger partial charge in [-0.15, -0.1) is 0 Å². The number of aromatic amines is 1. The van der Waals surface area contributed by atoms with Crippen molar-refractivity contribution < 1.29 is 14.7 Å². The summed E-state index contributed by atoms with van der Waals surface area (Å²) in [6.07, 6.45) is 0.563. The normalized spacial score (nSPS) is 13.4. The minimum Gasteiger partial charge on any atom is -0.480 e. The Balaban J connectivity index is 2.29. The summed E-state index contributed by atoms with van der Waals surface area (Å²) in [5.74, 6) is -2.14. The molecule has 0 fully saturated rings. The zero-order valence-corrected chi connectivity index (χ0v) is 13.4. The molecule has 128 valence electrons. The van der Waals surface area contributed by atoms with Gasteiger partial charge in [0.05, 0.1) is 10.9 Å². The molecule has 0 radical (unpaired) electrons. The fraction of sp³-hybridized carbons (Fsp3) is 0.375. The van der Waals surface area contributed by atoms with Crippen LogP contribution in [0.25, 0.3) is 10.9 Å². The number of carbonyl (C=O) groups excluding carboxylic acids is 1. The fourth-order valence-electron chi connectivity index (χ4n) is 2.39. The lowest BCUT2D eigenvalue weighted by atomic mass is 9.99. The molecule has 0 aliphatic carbocycles. The van der Waals surface area contributed by atoms with Crippen molar-refractivity contribution in [3.63, 3.8) is 0 Å². The van der Waals surface area contributed by atoms with E-state index in [9.17, 15) is 24.3 Å². The maximum absolute atomic E-state index is 12.3. The molecule has 0 unspecified atom stereocenters. The van der Waals surface area contributed by atoms with Crippen LogP contribution in [0.1, 0.15) is 20.3 Å². The lowest BCUT2D eigenvalue weighted by Crippen LogP contribution is -2.48. The molecule has 2 atom stereocenters. The van der Waals surface area contributed by atoms with E-state index in [1.54, 1.807) is 31.2 Å². The number of benzene rings is 1. The fourth-order valence-corrected chi connectivity index (χ4v) is 2.39. The summed E-state index contributed by atoms with van der Waals surface area (Å²) < 4.78 is 0.757. The van der Waals surface area contributed by atoms with Crippen LogP contribution < -0.4 is 16.6 Å². The molecular formula is C16H19N3O5. The van der Waals surface area contributed by atoms with Crippen LogP contribution in [0.4, 0.5) is 0 Å². The number of carboxylic acids is 1. The molecule has 0 aliphatic heterocycles. The largest absolute Gasteiger partial charge is 0.480 e. The molecule has 0 spiro atoms. The number of aromatic nitrogens is 2. The van der Waals surface area contributed by atoms with Crippen LogP contribution in [-0.2, 0) is 16.1 Å². The van der Waals surface area contributed by atoms with Crippen LogP contribution in [0.15, 0.2) is 33.9 Å². The Morgan fingerprint density at radius 3 is 2.58 bits per heavy atom. The van der Waals surface area contributed by atoms with E-state index in [2.05, 4.69) is 10.3 Å². The molecule has 0 aliphatic rings. The number of rotatable bonds is 6. The number of aliphatic carboxylic acids is 1. The van der Waals surface area contributed by atoms with Gasteiger partial charge in [0.15, 0.2) is 0 Å². The number of carbonyl (C=O) groups is 2. The van der Waals surface area contributed by atoms with Crippen molar-refractivity contribution >= 4 is 22.8 Å². The van der Waals surface area contributed by atoms with Gasteiger partial charge in [-0.05, 0) is 18.1 Å². The second-order valence-electron chi connectivity index (χ2n) is 5.64. The molecule has 1 aromatic carbocycles. The van der Waals surface area contributed by atoms with Crippen LogP contribution in [0.5, 0.6) is 0 Å². The van der Waals surface area contributed by atoms with E-state index in [0.717, 1.165) is 4.57 Å². The van der Waals surface area contributed by atoms with Gasteiger partial charge in [-0.3, -0.25) is 14.2 Å². The third-order valence-corrected chi connectivity index (χ3v) is 3.99. The maximum Gasteiger partial charge on any atom is 0.329 e. The summed E-state index contributed by atoms with van der Waals surface area (Å²) in [6, 6.07) is 5.39. The second kappa shape index (κ2) is 7.12. The molecule has 8 heteroatoms. The highest BCUT2D eigenvalue weighted by Gasteiger charge is 2.25. The molecular weight excluding hydrogens is 314 g/mol. The zero-order valence-electron chi connectivity index (χ0n) is 13.4. The number of hydrogen-bond acceptors (Lipinski definition) is 4. The molecule has 1 heterocycles. The van der Waals surface area contributed by atoms with Crippen molar-refractivity contribution in [3.05, 3.63) is 45.1 Å². The van der Waals surface area contributed by atoms with E-state index in [4.69, 9.17) is 0 Å². The molecule has 0 saturated carbocycles. The molecule has 1 aromatic heterocycles. The smallest absolute Gasteiger partial charge is 0.329 e. The van der Waals surface area contributed by atoms with Crippen molar-refractivity contribution in [3.8, 4) is 0 Å². The Bertz CT molecular complexity index is 883. The predicted octanol–water partition coefficient (Wildman–Crippen LogP) is 0.305. The Morgan fingerprint density at radius 2 is 1.96 bits per heavy atom. The van der Waals surface area contributed by atoms with Crippen molar-refractivity contribution in [2.75, 3.05) is 0 Å². The molecule has 0 bridgehead atoms. The molecule has 24 heavy (non-hydrogen) atoms. The Kier molecular flexibility index (Phi) is 5.18. The van der Waals surface area contributed by atoms with Gasteiger partial charge in [0.2, 0.25) is 5.91 Å². The third-order valence-electron chi connectivity index (χ3n) is 3.99. The minimum absolute atomic E-state index is 0.279. The van der Waals surface area contributed by atoms with Crippen LogP contribution >= 0.6 is 0 Å². The van der Waals surface area contributed by atoms with Crippen molar-refractivity contribution in [2.45, 2.75) is 32.9 Å². The summed E-state index contributed by atoms with van der Waals surface area (Å²) >= 11 is 0. The first kappa shape index (κ1) is 17.5. The lowest BCUT2D eigenvalue weighted by Gasteiger charge is -2.20. The summed E-state index contributed by atoms with van der Waals surface area (Å²) in [7, 11) is 0. The summed E-state index contributed by atoms with van der Waals surface area (Å²) in [4.78, 5) is 50.2. The van der Waals surface area contributed by atoms with E-state index < -0.39 is 35.7 Å².